The molecule has 0 radical (unpaired) electrons. The minimum atomic E-state index is -0.202. The summed E-state index contributed by atoms with van der Waals surface area (Å²) >= 11 is 0. The summed E-state index contributed by atoms with van der Waals surface area (Å²) in [6, 6.07) is 13.9. The lowest BCUT2D eigenvalue weighted by Gasteiger charge is -2.12. The first-order valence-electron chi connectivity index (χ1n) is 7.03. The van der Waals surface area contributed by atoms with Gasteiger partial charge in [-0.25, -0.2) is 4.79 Å². The van der Waals surface area contributed by atoms with Crippen LogP contribution in [0.15, 0.2) is 51.7 Å². The van der Waals surface area contributed by atoms with E-state index in [1.165, 1.54) is 0 Å². The van der Waals surface area contributed by atoms with Gasteiger partial charge in [0.25, 0.3) is 6.01 Å². The van der Waals surface area contributed by atoms with Crippen LogP contribution in [-0.2, 0) is 0 Å². The van der Waals surface area contributed by atoms with Crippen LogP contribution in [0.4, 0.5) is 6.01 Å². The molecule has 0 saturated carbocycles. The molecule has 3 N–H and O–H groups in total. The Kier molecular flexibility index (Phi) is 2.75. The van der Waals surface area contributed by atoms with Crippen molar-refractivity contribution in [1.82, 2.24) is 15.0 Å². The Labute approximate surface area is 125 Å². The van der Waals surface area contributed by atoms with Crippen molar-refractivity contribution in [1.29, 1.82) is 0 Å². The van der Waals surface area contributed by atoms with Gasteiger partial charge >= 0.3 is 5.69 Å². The van der Waals surface area contributed by atoms with Gasteiger partial charge < -0.3 is 19.7 Å². The van der Waals surface area contributed by atoms with Crippen LogP contribution in [0.5, 0.6) is 0 Å². The first-order valence-corrected chi connectivity index (χ1v) is 7.03. The van der Waals surface area contributed by atoms with Crippen molar-refractivity contribution in [2.75, 3.05) is 5.32 Å². The molecule has 6 nitrogen and oxygen atoms in total. The lowest BCUT2D eigenvalue weighted by atomic mass is 10.1. The maximum Gasteiger partial charge on any atom is 0.323 e. The maximum absolute atomic E-state index is 11.3. The minimum absolute atomic E-state index is 0.00383. The molecular formula is C16H14N4O2. The summed E-state index contributed by atoms with van der Waals surface area (Å²) in [4.78, 5) is 21.2. The molecule has 0 fully saturated rings. The number of nitrogens with one attached hydrogen (secondary N) is 3. The second kappa shape index (κ2) is 4.77. The fourth-order valence-electron chi connectivity index (χ4n) is 2.52. The predicted molar refractivity (Wildman–Crippen MR) is 85.0 cm³/mol. The second-order valence-electron chi connectivity index (χ2n) is 5.24. The highest BCUT2D eigenvalue weighted by Crippen LogP contribution is 2.24. The van der Waals surface area contributed by atoms with Crippen LogP contribution < -0.4 is 11.0 Å². The maximum atomic E-state index is 11.3. The molecule has 22 heavy (non-hydrogen) atoms. The molecule has 4 rings (SSSR count). The topological polar surface area (TPSA) is 86.7 Å². The van der Waals surface area contributed by atoms with Crippen molar-refractivity contribution in [2.45, 2.75) is 13.0 Å². The molecule has 1 unspecified atom stereocenters. The van der Waals surface area contributed by atoms with Crippen LogP contribution in [0, 0.1) is 0 Å². The van der Waals surface area contributed by atoms with Crippen LogP contribution in [0.1, 0.15) is 18.5 Å². The summed E-state index contributed by atoms with van der Waals surface area (Å²) in [5.41, 5.74) is 3.98. The molecule has 2 aromatic carbocycles. The van der Waals surface area contributed by atoms with Gasteiger partial charge in [0.2, 0.25) is 0 Å². The van der Waals surface area contributed by atoms with Crippen LogP contribution in [0.2, 0.25) is 0 Å². The molecule has 0 spiro atoms. The third kappa shape index (κ3) is 2.14. The molecule has 0 saturated heterocycles. The van der Waals surface area contributed by atoms with Gasteiger partial charge in [0.05, 0.1) is 17.1 Å². The third-order valence-corrected chi connectivity index (χ3v) is 3.67. The number of aromatic nitrogens is 3. The smallest absolute Gasteiger partial charge is 0.323 e. The summed E-state index contributed by atoms with van der Waals surface area (Å²) < 4.78 is 5.67. The van der Waals surface area contributed by atoms with Gasteiger partial charge in [-0.3, -0.25) is 0 Å². The van der Waals surface area contributed by atoms with Crippen LogP contribution in [0.25, 0.3) is 22.1 Å². The number of aromatic amines is 2. The summed E-state index contributed by atoms with van der Waals surface area (Å²) in [5.74, 6) is 0. The molecule has 0 aliphatic heterocycles. The average molecular weight is 294 g/mol. The van der Waals surface area contributed by atoms with Crippen molar-refractivity contribution in [3.05, 3.63) is 58.5 Å². The second-order valence-corrected chi connectivity index (χ2v) is 5.24. The van der Waals surface area contributed by atoms with Crippen LogP contribution in [-0.4, -0.2) is 15.0 Å². The number of imidazole rings is 1. The number of rotatable bonds is 3. The first kappa shape index (κ1) is 12.7. The van der Waals surface area contributed by atoms with E-state index in [9.17, 15) is 4.79 Å². The normalized spacial score (nSPS) is 12.8. The summed E-state index contributed by atoms with van der Waals surface area (Å²) in [6.07, 6.45) is 0. The number of H-pyrrole nitrogens is 2. The summed E-state index contributed by atoms with van der Waals surface area (Å²) in [6.45, 7) is 2.01. The van der Waals surface area contributed by atoms with E-state index >= 15 is 0 Å². The lowest BCUT2D eigenvalue weighted by Crippen LogP contribution is -2.06. The molecule has 6 heteroatoms. The number of nitrogens with zero attached hydrogens (tertiary/aromatic N) is 1. The standard InChI is InChI=1S/C16H14N4O2/c1-9(10-6-7-11-13(8-10)19-15(21)18-11)17-16-20-12-4-2-3-5-14(12)22-16/h2-9H,1H3,(H,17,20)(H2,18,19,21). The number of anilines is 1. The molecule has 4 aromatic rings. The number of hydrogen-bond acceptors (Lipinski definition) is 4. The zero-order valence-electron chi connectivity index (χ0n) is 11.9. The van der Waals surface area contributed by atoms with Crippen LogP contribution >= 0.6 is 0 Å². The molecule has 0 aliphatic carbocycles. The van der Waals surface area contributed by atoms with Gasteiger partial charge in [-0.05, 0) is 36.8 Å². The van der Waals surface area contributed by atoms with Gasteiger partial charge in [-0.15, -0.1) is 0 Å². The Morgan fingerprint density at radius 3 is 2.82 bits per heavy atom. The fraction of sp³-hybridized carbons (Fsp3) is 0.125. The number of fused-ring (bicyclic) bond motifs is 2. The Balaban J connectivity index is 1.64. The van der Waals surface area contributed by atoms with E-state index in [1.54, 1.807) is 0 Å². The number of para-hydroxylation sites is 2. The average Bonchev–Trinajstić information content (AvgIpc) is 3.07. The van der Waals surface area contributed by atoms with E-state index in [4.69, 9.17) is 4.42 Å². The highest BCUT2D eigenvalue weighted by atomic mass is 16.4. The molecule has 0 aliphatic rings. The molecule has 110 valence electrons. The Morgan fingerprint density at radius 1 is 1.14 bits per heavy atom. The van der Waals surface area contributed by atoms with Gasteiger partial charge in [0.15, 0.2) is 5.58 Å². The van der Waals surface area contributed by atoms with Crippen LogP contribution in [0.3, 0.4) is 0 Å². The van der Waals surface area contributed by atoms with E-state index in [-0.39, 0.29) is 11.7 Å². The number of hydrogen-bond donors (Lipinski definition) is 3. The molecule has 2 heterocycles. The van der Waals surface area contributed by atoms with E-state index in [0.717, 1.165) is 27.7 Å². The zero-order valence-corrected chi connectivity index (χ0v) is 11.9. The summed E-state index contributed by atoms with van der Waals surface area (Å²) in [7, 11) is 0. The van der Waals surface area contributed by atoms with Gasteiger partial charge in [-0.2, -0.15) is 4.98 Å². The predicted octanol–water partition coefficient (Wildman–Crippen LogP) is 3.17. The zero-order chi connectivity index (χ0) is 15.1. The minimum Gasteiger partial charge on any atom is -0.424 e. The number of oxazole rings is 1. The molecule has 0 bridgehead atoms. The van der Waals surface area contributed by atoms with E-state index in [2.05, 4.69) is 20.3 Å². The van der Waals surface area contributed by atoms with Crippen molar-refractivity contribution in [3.63, 3.8) is 0 Å². The van der Waals surface area contributed by atoms with E-state index in [0.29, 0.717) is 6.01 Å². The van der Waals surface area contributed by atoms with Gasteiger partial charge in [-0.1, -0.05) is 18.2 Å². The molecule has 2 aromatic heterocycles. The Hall–Kier alpha value is -3.02. The van der Waals surface area contributed by atoms with Crippen molar-refractivity contribution >= 4 is 28.1 Å². The SMILES string of the molecule is CC(Nc1nc2ccccc2o1)c1ccc2[nH]c(=O)[nH]c2c1. The highest BCUT2D eigenvalue weighted by molar-refractivity contribution is 5.76. The van der Waals surface area contributed by atoms with E-state index < -0.39 is 0 Å². The van der Waals surface area contributed by atoms with Crippen molar-refractivity contribution < 1.29 is 4.42 Å². The first-order chi connectivity index (χ1) is 10.7. The lowest BCUT2D eigenvalue weighted by molar-refractivity contribution is 0.604. The van der Waals surface area contributed by atoms with Gasteiger partial charge in [0, 0.05) is 0 Å². The fourth-order valence-corrected chi connectivity index (χ4v) is 2.52. The quantitative estimate of drug-likeness (QED) is 0.541. The molecular weight excluding hydrogens is 280 g/mol. The molecule has 0 amide bonds. The third-order valence-electron chi connectivity index (χ3n) is 3.67. The summed E-state index contributed by atoms with van der Waals surface area (Å²) in [5, 5.41) is 3.24. The highest BCUT2D eigenvalue weighted by Gasteiger charge is 2.11. The monoisotopic (exact) mass is 294 g/mol. The number of benzene rings is 2. The van der Waals surface area contributed by atoms with Crippen molar-refractivity contribution in [3.8, 4) is 0 Å². The molecule has 1 atom stereocenters. The Morgan fingerprint density at radius 2 is 1.95 bits per heavy atom. The van der Waals surface area contributed by atoms with Crippen molar-refractivity contribution in [2.24, 2.45) is 0 Å². The Bertz CT molecular complexity index is 979. The van der Waals surface area contributed by atoms with E-state index in [1.807, 2.05) is 49.4 Å². The largest absolute Gasteiger partial charge is 0.424 e. The van der Waals surface area contributed by atoms with Gasteiger partial charge in [0.1, 0.15) is 5.52 Å².